The first-order valence-corrected chi connectivity index (χ1v) is 8.90. The first-order chi connectivity index (χ1) is 13.1. The van der Waals surface area contributed by atoms with Crippen molar-refractivity contribution in [2.75, 3.05) is 26.2 Å². The molecule has 0 saturated heterocycles. The van der Waals surface area contributed by atoms with Crippen LogP contribution in [0, 0.1) is 11.6 Å². The van der Waals surface area contributed by atoms with Gasteiger partial charge in [0.15, 0.2) is 5.96 Å². The minimum Gasteiger partial charge on any atom is -0.491 e. The van der Waals surface area contributed by atoms with E-state index >= 15 is 0 Å². The molecule has 0 radical (unpaired) electrons. The van der Waals surface area contributed by atoms with E-state index in [2.05, 4.69) is 15.6 Å². The number of aliphatic imine (C=N–C) groups is 1. The first kappa shape index (κ1) is 24.1. The van der Waals surface area contributed by atoms with E-state index in [-0.39, 0.29) is 48.8 Å². The molecule has 3 N–H and O–H groups in total. The molecule has 0 spiro atoms. The third-order valence-corrected chi connectivity index (χ3v) is 3.71. The Labute approximate surface area is 181 Å². The number of benzene rings is 2. The molecule has 0 saturated carbocycles. The van der Waals surface area contributed by atoms with E-state index in [1.807, 2.05) is 6.92 Å². The molecule has 1 unspecified atom stereocenters. The second kappa shape index (κ2) is 13.3. The van der Waals surface area contributed by atoms with Crippen molar-refractivity contribution in [2.45, 2.75) is 19.4 Å². The molecule has 2 aromatic carbocycles. The lowest BCUT2D eigenvalue weighted by molar-refractivity contribution is 0.114. The maximum absolute atomic E-state index is 13.6. The molecule has 0 amide bonds. The Morgan fingerprint density at radius 1 is 1.11 bits per heavy atom. The molecule has 0 bridgehead atoms. The largest absolute Gasteiger partial charge is 0.491 e. The Hall–Kier alpha value is -1.94. The van der Waals surface area contributed by atoms with Gasteiger partial charge in [0.25, 0.3) is 0 Å². The molecule has 154 valence electrons. The van der Waals surface area contributed by atoms with E-state index in [0.29, 0.717) is 36.8 Å². The maximum Gasteiger partial charge on any atom is 0.191 e. The number of nitrogens with one attached hydrogen (secondary N) is 2. The number of guanidine groups is 1. The molecule has 0 aliphatic rings. The van der Waals surface area contributed by atoms with Crippen LogP contribution < -0.4 is 15.4 Å². The second-order valence-corrected chi connectivity index (χ2v) is 5.91. The average molecular weight is 505 g/mol. The van der Waals surface area contributed by atoms with Crippen LogP contribution in [0.2, 0.25) is 0 Å². The highest BCUT2D eigenvalue weighted by Gasteiger charge is 2.07. The lowest BCUT2D eigenvalue weighted by Gasteiger charge is -2.14. The van der Waals surface area contributed by atoms with E-state index in [1.54, 1.807) is 18.2 Å². The highest BCUT2D eigenvalue weighted by atomic mass is 127. The van der Waals surface area contributed by atoms with Crippen molar-refractivity contribution in [3.63, 3.8) is 0 Å². The van der Waals surface area contributed by atoms with Crippen molar-refractivity contribution in [3.05, 3.63) is 65.7 Å². The van der Waals surface area contributed by atoms with Crippen molar-refractivity contribution in [3.8, 4) is 5.75 Å². The van der Waals surface area contributed by atoms with Crippen LogP contribution in [0.25, 0.3) is 0 Å². The zero-order valence-electron chi connectivity index (χ0n) is 15.7. The number of rotatable bonds is 9. The van der Waals surface area contributed by atoms with Gasteiger partial charge in [0.1, 0.15) is 30.1 Å². The number of hydrogen-bond donors (Lipinski definition) is 3. The van der Waals surface area contributed by atoms with Crippen LogP contribution in [0.4, 0.5) is 8.78 Å². The number of hydrogen-bond acceptors (Lipinski definition) is 3. The Morgan fingerprint density at radius 3 is 2.50 bits per heavy atom. The lowest BCUT2D eigenvalue weighted by atomic mass is 10.1. The topological polar surface area (TPSA) is 65.9 Å². The third kappa shape index (κ3) is 8.83. The van der Waals surface area contributed by atoms with Crippen molar-refractivity contribution in [1.29, 1.82) is 0 Å². The van der Waals surface area contributed by atoms with Gasteiger partial charge in [-0.2, -0.15) is 0 Å². The third-order valence-electron chi connectivity index (χ3n) is 3.71. The molecule has 0 aromatic heterocycles. The second-order valence-electron chi connectivity index (χ2n) is 5.91. The molecule has 2 rings (SSSR count). The zero-order valence-corrected chi connectivity index (χ0v) is 18.0. The van der Waals surface area contributed by atoms with Crippen LogP contribution >= 0.6 is 24.0 Å². The van der Waals surface area contributed by atoms with Gasteiger partial charge < -0.3 is 20.5 Å². The highest BCUT2D eigenvalue weighted by molar-refractivity contribution is 14.0. The Balaban J connectivity index is 0.00000392. The van der Waals surface area contributed by atoms with E-state index in [1.165, 1.54) is 30.3 Å². The molecule has 5 nitrogen and oxygen atoms in total. The average Bonchev–Trinajstić information content (AvgIpc) is 2.67. The number of halogens is 3. The van der Waals surface area contributed by atoms with Gasteiger partial charge in [0.2, 0.25) is 0 Å². The Kier molecular flexibility index (Phi) is 11.4. The van der Waals surface area contributed by atoms with Crippen LogP contribution in [0.5, 0.6) is 5.75 Å². The van der Waals surface area contributed by atoms with Gasteiger partial charge in [0, 0.05) is 13.1 Å². The minimum absolute atomic E-state index is 0. The van der Waals surface area contributed by atoms with E-state index in [9.17, 15) is 13.9 Å². The van der Waals surface area contributed by atoms with Gasteiger partial charge in [-0.15, -0.1) is 24.0 Å². The first-order valence-electron chi connectivity index (χ1n) is 8.90. The minimum atomic E-state index is -0.808. The van der Waals surface area contributed by atoms with Gasteiger partial charge in [-0.1, -0.05) is 18.2 Å². The van der Waals surface area contributed by atoms with Gasteiger partial charge >= 0.3 is 0 Å². The number of aliphatic hydroxyl groups excluding tert-OH is 1. The summed E-state index contributed by atoms with van der Waals surface area (Å²) in [5.74, 6) is 0.447. The van der Waals surface area contributed by atoms with Crippen LogP contribution in [0.1, 0.15) is 12.5 Å². The van der Waals surface area contributed by atoms with Crippen molar-refractivity contribution in [1.82, 2.24) is 10.6 Å². The standard InChI is InChI=1S/C20H25F2N3O2.HI/c1-2-23-20(24-12-11-15-5-3-4-6-19(15)22)25-13-17(26)14-27-18-9-7-16(21)8-10-18;/h3-10,17,26H,2,11-14H2,1H3,(H2,23,24,25);1H. The van der Waals surface area contributed by atoms with E-state index in [0.717, 1.165) is 0 Å². The summed E-state index contributed by atoms with van der Waals surface area (Å²) in [6.45, 7) is 3.28. The molecule has 8 heteroatoms. The molecular formula is C20H26F2IN3O2. The van der Waals surface area contributed by atoms with Crippen molar-refractivity contribution in [2.24, 2.45) is 4.99 Å². The summed E-state index contributed by atoms with van der Waals surface area (Å²) < 4.78 is 31.9. The molecule has 1 atom stereocenters. The maximum atomic E-state index is 13.6. The molecular weight excluding hydrogens is 479 g/mol. The van der Waals surface area contributed by atoms with Crippen LogP contribution in [0.15, 0.2) is 53.5 Å². The summed E-state index contributed by atoms with van der Waals surface area (Å²) in [4.78, 5) is 4.30. The van der Waals surface area contributed by atoms with Crippen LogP contribution in [-0.2, 0) is 6.42 Å². The molecule has 2 aromatic rings. The predicted molar refractivity (Wildman–Crippen MR) is 117 cm³/mol. The fraction of sp³-hybridized carbons (Fsp3) is 0.350. The fourth-order valence-corrected chi connectivity index (χ4v) is 2.33. The number of aliphatic hydroxyl groups is 1. The number of nitrogens with zero attached hydrogens (tertiary/aromatic N) is 1. The summed E-state index contributed by atoms with van der Waals surface area (Å²) in [6, 6.07) is 12.2. The summed E-state index contributed by atoms with van der Waals surface area (Å²) in [6.07, 6.45) is -0.287. The Morgan fingerprint density at radius 2 is 1.82 bits per heavy atom. The van der Waals surface area contributed by atoms with Crippen molar-refractivity contribution < 1.29 is 18.6 Å². The summed E-state index contributed by atoms with van der Waals surface area (Å²) >= 11 is 0. The summed E-state index contributed by atoms with van der Waals surface area (Å²) in [5.41, 5.74) is 0.633. The van der Waals surface area contributed by atoms with Crippen LogP contribution in [0.3, 0.4) is 0 Å². The predicted octanol–water partition coefficient (Wildman–Crippen LogP) is 3.12. The summed E-state index contributed by atoms with van der Waals surface area (Å²) in [7, 11) is 0. The zero-order chi connectivity index (χ0) is 19.5. The number of ether oxygens (including phenoxy) is 1. The van der Waals surface area contributed by atoms with Gasteiger partial charge in [0.05, 0.1) is 6.54 Å². The molecule has 0 fully saturated rings. The Bertz CT molecular complexity index is 730. The van der Waals surface area contributed by atoms with Gasteiger partial charge in [-0.05, 0) is 49.2 Å². The normalized spacial score (nSPS) is 12.1. The van der Waals surface area contributed by atoms with E-state index < -0.39 is 6.10 Å². The van der Waals surface area contributed by atoms with E-state index in [4.69, 9.17) is 4.74 Å². The highest BCUT2D eigenvalue weighted by Crippen LogP contribution is 2.11. The SMILES string of the molecule is CCNC(=NCC(O)COc1ccc(F)cc1)NCCc1ccccc1F.I. The fourth-order valence-electron chi connectivity index (χ4n) is 2.33. The smallest absolute Gasteiger partial charge is 0.191 e. The van der Waals surface area contributed by atoms with Gasteiger partial charge in [-0.3, -0.25) is 4.99 Å². The summed E-state index contributed by atoms with van der Waals surface area (Å²) in [5, 5.41) is 16.2. The van der Waals surface area contributed by atoms with Gasteiger partial charge in [-0.25, -0.2) is 8.78 Å². The lowest BCUT2D eigenvalue weighted by Crippen LogP contribution is -2.39. The van der Waals surface area contributed by atoms with Crippen molar-refractivity contribution >= 4 is 29.9 Å². The molecule has 0 aliphatic heterocycles. The molecule has 0 aliphatic carbocycles. The molecule has 28 heavy (non-hydrogen) atoms. The van der Waals surface area contributed by atoms with Crippen LogP contribution in [-0.4, -0.2) is 43.4 Å². The monoisotopic (exact) mass is 505 g/mol. The quantitative estimate of drug-likeness (QED) is 0.279. The molecule has 0 heterocycles.